The minimum absolute atomic E-state index is 0.290. The summed E-state index contributed by atoms with van der Waals surface area (Å²) >= 11 is 0. The Kier molecular flexibility index (Phi) is 7.39. The van der Waals surface area contributed by atoms with Crippen LogP contribution in [0.15, 0.2) is 49.2 Å². The third kappa shape index (κ3) is 6.11. The van der Waals surface area contributed by atoms with Crippen LogP contribution in [0.1, 0.15) is 52.0 Å². The van der Waals surface area contributed by atoms with Crippen molar-refractivity contribution in [3.05, 3.63) is 49.2 Å². The van der Waals surface area contributed by atoms with Crippen LogP contribution < -0.4 is 10.6 Å². The molecule has 4 heterocycles. The standard InChI is InChI=1S/C27H31F2N9O3S/c1-27(39)8-4-17(5-9-27)13-31-22-12-24(32-15-20(22)21-7-11-37(36-21)26(28)29)34-23-6-10-30-25(35-23)18-14-33-38(16-18)42(40,41)19-2-3-19/h6-7,10-12,14-17,19,26,39H,2-5,8-9,13H2,1H3,(H2,30,31,32,34,35). The second-order valence-corrected chi connectivity index (χ2v) is 13.2. The molecule has 4 aromatic heterocycles. The molecule has 6 rings (SSSR count). The minimum Gasteiger partial charge on any atom is -0.390 e. The van der Waals surface area contributed by atoms with Crippen LogP contribution in [0.3, 0.4) is 0 Å². The second kappa shape index (κ2) is 11.0. The van der Waals surface area contributed by atoms with E-state index < -0.39 is 27.4 Å². The first-order valence-electron chi connectivity index (χ1n) is 13.8. The minimum atomic E-state index is -3.51. The average Bonchev–Trinajstić information content (AvgIpc) is 3.49. The summed E-state index contributed by atoms with van der Waals surface area (Å²) in [7, 11) is -3.51. The molecule has 0 radical (unpaired) electrons. The molecule has 0 bridgehead atoms. The van der Waals surface area contributed by atoms with E-state index in [0.29, 0.717) is 64.1 Å². The number of pyridine rings is 1. The molecule has 12 nitrogen and oxygen atoms in total. The van der Waals surface area contributed by atoms with Crippen LogP contribution in [0, 0.1) is 5.92 Å². The molecule has 0 spiro atoms. The van der Waals surface area contributed by atoms with E-state index in [9.17, 15) is 22.3 Å². The maximum Gasteiger partial charge on any atom is 0.333 e. The molecule has 2 fully saturated rings. The van der Waals surface area contributed by atoms with Crippen molar-refractivity contribution in [1.29, 1.82) is 0 Å². The molecule has 0 atom stereocenters. The Labute approximate surface area is 241 Å². The number of nitrogens with one attached hydrogen (secondary N) is 2. The SMILES string of the molecule is CC1(O)CCC(CNc2cc(Nc3ccnc(-c4cnn(S(=O)(=O)C5CC5)c4)n3)ncc2-c2ccn(C(F)F)n2)CC1. The molecule has 15 heteroatoms. The number of aliphatic hydroxyl groups is 1. The van der Waals surface area contributed by atoms with Crippen LogP contribution in [0.4, 0.5) is 26.1 Å². The lowest BCUT2D eigenvalue weighted by Gasteiger charge is -2.33. The van der Waals surface area contributed by atoms with E-state index in [1.165, 1.54) is 24.7 Å². The quantitative estimate of drug-likeness (QED) is 0.239. The Bertz CT molecular complexity index is 1680. The highest BCUT2D eigenvalue weighted by atomic mass is 32.2. The summed E-state index contributed by atoms with van der Waals surface area (Å²) in [6.45, 7) is -0.268. The van der Waals surface area contributed by atoms with E-state index in [1.807, 2.05) is 6.92 Å². The van der Waals surface area contributed by atoms with Crippen LogP contribution >= 0.6 is 0 Å². The van der Waals surface area contributed by atoms with Gasteiger partial charge in [0.15, 0.2) is 5.82 Å². The van der Waals surface area contributed by atoms with Crippen LogP contribution in [0.2, 0.25) is 0 Å². The van der Waals surface area contributed by atoms with Crippen molar-refractivity contribution in [1.82, 2.24) is 33.9 Å². The highest BCUT2D eigenvalue weighted by Gasteiger charge is 2.37. The zero-order valence-corrected chi connectivity index (χ0v) is 23.7. The Morgan fingerprint density at radius 1 is 1.12 bits per heavy atom. The van der Waals surface area contributed by atoms with Gasteiger partial charge in [-0.25, -0.2) is 28.1 Å². The Hall–Kier alpha value is -3.98. The molecule has 42 heavy (non-hydrogen) atoms. The number of aromatic nitrogens is 7. The average molecular weight is 600 g/mol. The topological polar surface area (TPSA) is 153 Å². The molecular formula is C27H31F2N9O3S. The molecule has 2 saturated carbocycles. The Morgan fingerprint density at radius 3 is 2.62 bits per heavy atom. The monoisotopic (exact) mass is 599 g/mol. The van der Waals surface area contributed by atoms with Gasteiger partial charge in [0.05, 0.1) is 34.5 Å². The van der Waals surface area contributed by atoms with E-state index in [-0.39, 0.29) is 5.82 Å². The second-order valence-electron chi connectivity index (χ2n) is 11.1. The lowest BCUT2D eigenvalue weighted by atomic mass is 9.80. The van der Waals surface area contributed by atoms with Gasteiger partial charge in [0.1, 0.15) is 11.6 Å². The summed E-state index contributed by atoms with van der Waals surface area (Å²) in [5, 5.41) is 24.5. The van der Waals surface area contributed by atoms with E-state index in [4.69, 9.17) is 0 Å². The van der Waals surface area contributed by atoms with Crippen molar-refractivity contribution in [3.63, 3.8) is 0 Å². The van der Waals surface area contributed by atoms with Gasteiger partial charge < -0.3 is 15.7 Å². The van der Waals surface area contributed by atoms with Crippen LogP contribution in [0.5, 0.6) is 0 Å². The fourth-order valence-corrected chi connectivity index (χ4v) is 6.48. The molecule has 2 aliphatic carbocycles. The summed E-state index contributed by atoms with van der Waals surface area (Å²) in [5.74, 6) is 1.49. The maximum absolute atomic E-state index is 13.2. The van der Waals surface area contributed by atoms with Crippen molar-refractivity contribution in [2.75, 3.05) is 17.2 Å². The number of hydrogen-bond donors (Lipinski definition) is 3. The summed E-state index contributed by atoms with van der Waals surface area (Å²) in [5.41, 5.74) is 1.39. The number of alkyl halides is 2. The van der Waals surface area contributed by atoms with Crippen LogP contribution in [-0.4, -0.2) is 64.8 Å². The summed E-state index contributed by atoms with van der Waals surface area (Å²) < 4.78 is 53.0. The number of halogens is 2. The highest BCUT2D eigenvalue weighted by molar-refractivity contribution is 7.90. The lowest BCUT2D eigenvalue weighted by Crippen LogP contribution is -2.32. The van der Waals surface area contributed by atoms with Crippen molar-refractivity contribution in [2.24, 2.45) is 5.92 Å². The summed E-state index contributed by atoms with van der Waals surface area (Å²) in [6, 6.07) is 4.92. The number of hydrogen-bond acceptors (Lipinski definition) is 10. The summed E-state index contributed by atoms with van der Waals surface area (Å²) in [6.07, 6.45) is 11.6. The fourth-order valence-electron chi connectivity index (χ4n) is 5.00. The molecule has 3 N–H and O–H groups in total. The van der Waals surface area contributed by atoms with Gasteiger partial charge in [-0.2, -0.15) is 23.1 Å². The van der Waals surface area contributed by atoms with Gasteiger partial charge >= 0.3 is 6.55 Å². The first kappa shape index (κ1) is 28.2. The molecule has 222 valence electrons. The first-order chi connectivity index (χ1) is 20.1. The van der Waals surface area contributed by atoms with Crippen molar-refractivity contribution >= 4 is 27.3 Å². The highest BCUT2D eigenvalue weighted by Crippen LogP contribution is 2.34. The van der Waals surface area contributed by atoms with Crippen molar-refractivity contribution in [3.8, 4) is 22.6 Å². The van der Waals surface area contributed by atoms with Crippen molar-refractivity contribution in [2.45, 2.75) is 62.8 Å². The normalized spacial score (nSPS) is 21.0. The van der Waals surface area contributed by atoms with Gasteiger partial charge in [-0.3, -0.25) is 0 Å². The number of anilines is 3. The predicted molar refractivity (Wildman–Crippen MR) is 152 cm³/mol. The number of rotatable bonds is 10. The van der Waals surface area contributed by atoms with Gasteiger partial charge in [0.2, 0.25) is 0 Å². The maximum atomic E-state index is 13.2. The van der Waals surface area contributed by atoms with Gasteiger partial charge in [0, 0.05) is 42.5 Å². The molecule has 4 aromatic rings. The summed E-state index contributed by atoms with van der Waals surface area (Å²) in [4.78, 5) is 13.2. The van der Waals surface area contributed by atoms with Gasteiger partial charge in [-0.1, -0.05) is 0 Å². The van der Waals surface area contributed by atoms with Crippen LogP contribution in [0.25, 0.3) is 22.6 Å². The zero-order valence-electron chi connectivity index (χ0n) is 22.9. The Morgan fingerprint density at radius 2 is 1.90 bits per heavy atom. The largest absolute Gasteiger partial charge is 0.390 e. The first-order valence-corrected chi connectivity index (χ1v) is 15.3. The van der Waals surface area contributed by atoms with E-state index in [0.717, 1.165) is 29.8 Å². The molecule has 0 unspecified atom stereocenters. The molecular weight excluding hydrogens is 568 g/mol. The smallest absolute Gasteiger partial charge is 0.333 e. The van der Waals surface area contributed by atoms with Crippen LogP contribution in [-0.2, 0) is 10.0 Å². The zero-order chi connectivity index (χ0) is 29.5. The van der Waals surface area contributed by atoms with E-state index >= 15 is 0 Å². The molecule has 2 aliphatic rings. The Balaban J connectivity index is 1.23. The van der Waals surface area contributed by atoms with Gasteiger partial charge in [0.25, 0.3) is 10.0 Å². The third-order valence-electron chi connectivity index (χ3n) is 7.69. The third-order valence-corrected chi connectivity index (χ3v) is 9.72. The van der Waals surface area contributed by atoms with Crippen molar-refractivity contribution < 1.29 is 22.3 Å². The van der Waals surface area contributed by atoms with E-state index in [2.05, 4.69) is 35.8 Å². The lowest BCUT2D eigenvalue weighted by molar-refractivity contribution is 0.00976. The molecule has 0 saturated heterocycles. The predicted octanol–water partition coefficient (Wildman–Crippen LogP) is 4.43. The number of nitrogens with zero attached hydrogens (tertiary/aromatic N) is 7. The van der Waals surface area contributed by atoms with Gasteiger partial charge in [-0.15, -0.1) is 0 Å². The molecule has 0 amide bonds. The molecule has 0 aliphatic heterocycles. The van der Waals surface area contributed by atoms with Gasteiger partial charge in [-0.05, 0) is 63.5 Å². The van der Waals surface area contributed by atoms with E-state index in [1.54, 1.807) is 24.5 Å². The fraction of sp³-hybridized carbons (Fsp3) is 0.444. The molecule has 0 aromatic carbocycles.